The molecule has 1 saturated heterocycles. The molecule has 2 fully saturated rings. The van der Waals surface area contributed by atoms with Crippen LogP contribution in [0.1, 0.15) is 6.42 Å². The summed E-state index contributed by atoms with van der Waals surface area (Å²) in [6.45, 7) is 0.300. The Morgan fingerprint density at radius 1 is 1.35 bits per heavy atom. The van der Waals surface area contributed by atoms with Crippen molar-refractivity contribution in [1.29, 1.82) is 0 Å². The van der Waals surface area contributed by atoms with Crippen molar-refractivity contribution >= 4 is 21.6 Å². The van der Waals surface area contributed by atoms with Crippen LogP contribution in [0.25, 0.3) is 0 Å². The Bertz CT molecular complexity index is 747. The monoisotopic (exact) mass is 350 g/mol. The number of hydrogen-bond acceptors (Lipinski definition) is 4. The lowest BCUT2D eigenvalue weighted by Crippen LogP contribution is -2.40. The van der Waals surface area contributed by atoms with Crippen LogP contribution < -0.4 is 10.1 Å². The number of amides is 1. The number of carbonyl (C=O) groups excluding carboxylic acids is 1. The van der Waals surface area contributed by atoms with E-state index in [1.54, 1.807) is 0 Å². The summed E-state index contributed by atoms with van der Waals surface area (Å²) in [4.78, 5) is 12.3. The molecular formula is C13H13F3N2O4S. The Labute approximate surface area is 130 Å². The molecule has 0 bridgehead atoms. The summed E-state index contributed by atoms with van der Waals surface area (Å²) in [5.41, 5.74) is 0.203. The molecule has 6 nitrogen and oxygen atoms in total. The van der Waals surface area contributed by atoms with Crippen molar-refractivity contribution in [2.24, 2.45) is 5.92 Å². The first-order valence-electron chi connectivity index (χ1n) is 6.69. The van der Waals surface area contributed by atoms with Gasteiger partial charge in [0.05, 0.1) is 0 Å². The van der Waals surface area contributed by atoms with Gasteiger partial charge in [0.15, 0.2) is 4.75 Å². The zero-order valence-corrected chi connectivity index (χ0v) is 12.7. The number of benzene rings is 1. The second kappa shape index (κ2) is 4.84. The fourth-order valence-electron chi connectivity index (χ4n) is 2.89. The van der Waals surface area contributed by atoms with Gasteiger partial charge in [-0.15, -0.1) is 13.2 Å². The third-order valence-corrected chi connectivity index (χ3v) is 6.70. The Balaban J connectivity index is 1.73. The van der Waals surface area contributed by atoms with Gasteiger partial charge in [-0.25, -0.2) is 12.7 Å². The van der Waals surface area contributed by atoms with Gasteiger partial charge in [-0.3, -0.25) is 4.79 Å². The van der Waals surface area contributed by atoms with E-state index in [1.165, 1.54) is 19.2 Å². The molecular weight excluding hydrogens is 337 g/mol. The Morgan fingerprint density at radius 3 is 2.43 bits per heavy atom. The van der Waals surface area contributed by atoms with Crippen LogP contribution in [0.3, 0.4) is 0 Å². The number of nitrogens with one attached hydrogen (secondary N) is 1. The fourth-order valence-corrected chi connectivity index (χ4v) is 5.02. The summed E-state index contributed by atoms with van der Waals surface area (Å²) >= 11 is 0. The number of alkyl halides is 3. The Morgan fingerprint density at radius 2 is 1.96 bits per heavy atom. The lowest BCUT2D eigenvalue weighted by atomic mass is 10.2. The number of halogens is 3. The summed E-state index contributed by atoms with van der Waals surface area (Å²) < 4.78 is 64.1. The maximum absolute atomic E-state index is 12.3. The van der Waals surface area contributed by atoms with Crippen LogP contribution in [-0.2, 0) is 14.8 Å². The summed E-state index contributed by atoms with van der Waals surface area (Å²) in [6, 6.07) is 4.53. The molecule has 1 aliphatic carbocycles. The van der Waals surface area contributed by atoms with Crippen LogP contribution >= 0.6 is 0 Å². The van der Waals surface area contributed by atoms with E-state index in [9.17, 15) is 26.4 Å². The molecule has 10 heteroatoms. The highest BCUT2D eigenvalue weighted by Crippen LogP contribution is 2.57. The van der Waals surface area contributed by atoms with Gasteiger partial charge in [-0.05, 0) is 30.7 Å². The molecule has 1 aliphatic heterocycles. The second-order valence-electron chi connectivity index (χ2n) is 5.60. The second-order valence-corrected chi connectivity index (χ2v) is 7.90. The van der Waals surface area contributed by atoms with E-state index in [-0.39, 0.29) is 18.0 Å². The van der Waals surface area contributed by atoms with Crippen molar-refractivity contribution in [3.8, 4) is 5.75 Å². The molecule has 1 amide bonds. The summed E-state index contributed by atoms with van der Waals surface area (Å²) in [5, 5.41) is 2.45. The predicted octanol–water partition coefficient (Wildman–Crippen LogP) is 1.56. The largest absolute Gasteiger partial charge is 0.573 e. The van der Waals surface area contributed by atoms with Crippen molar-refractivity contribution in [1.82, 2.24) is 4.31 Å². The first-order valence-corrected chi connectivity index (χ1v) is 8.13. The number of nitrogens with zero attached hydrogens (tertiary/aromatic N) is 1. The summed E-state index contributed by atoms with van der Waals surface area (Å²) in [7, 11) is -2.28. The number of anilines is 1. The number of ether oxygens (including phenoxy) is 1. The van der Waals surface area contributed by atoms with Crippen LogP contribution in [0, 0.1) is 5.92 Å². The number of carbonyl (C=O) groups is 1. The van der Waals surface area contributed by atoms with Gasteiger partial charge in [0.25, 0.3) is 0 Å². The highest BCUT2D eigenvalue weighted by molar-refractivity contribution is 7.92. The number of hydrogen-bond donors (Lipinski definition) is 1. The maximum atomic E-state index is 12.3. The molecule has 1 aromatic rings. The van der Waals surface area contributed by atoms with E-state index in [2.05, 4.69) is 10.1 Å². The average Bonchev–Trinajstić information content (AvgIpc) is 3.10. The quantitative estimate of drug-likeness (QED) is 0.898. The SMILES string of the molecule is CN1CC2CC2(C(=O)Nc2ccc(OC(F)(F)F)cc2)S1(=O)=O. The van der Waals surface area contributed by atoms with Gasteiger partial charge in [0.1, 0.15) is 5.75 Å². The van der Waals surface area contributed by atoms with Crippen LogP contribution in [0.5, 0.6) is 5.75 Å². The van der Waals surface area contributed by atoms with E-state index in [0.717, 1.165) is 16.4 Å². The smallest absolute Gasteiger partial charge is 0.406 e. The molecule has 1 N–H and O–H groups in total. The maximum Gasteiger partial charge on any atom is 0.573 e. The van der Waals surface area contributed by atoms with Crippen molar-refractivity contribution in [2.45, 2.75) is 17.5 Å². The standard InChI is InChI=1S/C13H13F3N2O4S/c1-18-7-8-6-12(8,23(18,20)21)11(19)17-9-2-4-10(5-3-9)22-13(14,15)16/h2-5,8H,6-7H2,1H3,(H,17,19). The lowest BCUT2D eigenvalue weighted by Gasteiger charge is -2.17. The highest BCUT2D eigenvalue weighted by Gasteiger charge is 2.74. The van der Waals surface area contributed by atoms with Crippen LogP contribution in [0.4, 0.5) is 18.9 Å². The normalized spacial score (nSPS) is 29.0. The van der Waals surface area contributed by atoms with Gasteiger partial charge < -0.3 is 10.1 Å². The van der Waals surface area contributed by atoms with Crippen molar-refractivity contribution in [3.63, 3.8) is 0 Å². The lowest BCUT2D eigenvalue weighted by molar-refractivity contribution is -0.274. The predicted molar refractivity (Wildman–Crippen MR) is 74.1 cm³/mol. The van der Waals surface area contributed by atoms with Crippen LogP contribution in [0.2, 0.25) is 0 Å². The van der Waals surface area contributed by atoms with Crippen molar-refractivity contribution in [3.05, 3.63) is 24.3 Å². The van der Waals surface area contributed by atoms with Crippen molar-refractivity contribution < 1.29 is 31.1 Å². The van der Waals surface area contributed by atoms with Gasteiger partial charge >= 0.3 is 6.36 Å². The molecule has 2 aliphatic rings. The first kappa shape index (κ1) is 16.1. The molecule has 23 heavy (non-hydrogen) atoms. The van der Waals surface area contributed by atoms with Gasteiger partial charge in [-0.2, -0.15) is 0 Å². The molecule has 1 saturated carbocycles. The third kappa shape index (κ3) is 2.55. The molecule has 2 atom stereocenters. The van der Waals surface area contributed by atoms with Gasteiger partial charge in [0.2, 0.25) is 15.9 Å². The van der Waals surface area contributed by atoms with E-state index in [1.807, 2.05) is 0 Å². The van der Waals surface area contributed by atoms with E-state index < -0.39 is 32.8 Å². The molecule has 0 aromatic heterocycles. The average molecular weight is 350 g/mol. The van der Waals surface area contributed by atoms with Crippen LogP contribution in [-0.4, -0.2) is 43.3 Å². The molecule has 1 heterocycles. The third-order valence-electron chi connectivity index (χ3n) is 4.13. The highest BCUT2D eigenvalue weighted by atomic mass is 32.2. The zero-order valence-electron chi connectivity index (χ0n) is 11.9. The number of sulfonamides is 1. The fraction of sp³-hybridized carbons (Fsp3) is 0.462. The van der Waals surface area contributed by atoms with E-state index >= 15 is 0 Å². The molecule has 0 radical (unpaired) electrons. The Kier molecular flexibility index (Phi) is 3.38. The minimum Gasteiger partial charge on any atom is -0.406 e. The summed E-state index contributed by atoms with van der Waals surface area (Å²) in [6.07, 6.45) is -4.53. The Hall–Kier alpha value is -1.81. The molecule has 2 unspecified atom stereocenters. The van der Waals surface area contributed by atoms with Crippen LogP contribution in [0.15, 0.2) is 24.3 Å². The van der Waals surface area contributed by atoms with E-state index in [0.29, 0.717) is 6.54 Å². The number of rotatable bonds is 3. The molecule has 1 aromatic carbocycles. The van der Waals surface area contributed by atoms with Crippen molar-refractivity contribution in [2.75, 3.05) is 18.9 Å². The minimum atomic E-state index is -4.80. The van der Waals surface area contributed by atoms with E-state index in [4.69, 9.17) is 0 Å². The molecule has 3 rings (SSSR count). The van der Waals surface area contributed by atoms with Gasteiger partial charge in [0, 0.05) is 25.2 Å². The first-order chi connectivity index (χ1) is 10.6. The van der Waals surface area contributed by atoms with Gasteiger partial charge in [-0.1, -0.05) is 0 Å². The molecule has 126 valence electrons. The molecule has 0 spiro atoms. The topological polar surface area (TPSA) is 75.7 Å². The number of fused-ring (bicyclic) bond motifs is 1. The zero-order chi connectivity index (χ0) is 17.0. The minimum absolute atomic E-state index is 0.203. The summed E-state index contributed by atoms with van der Waals surface area (Å²) in [5.74, 6) is -1.33.